The van der Waals surface area contributed by atoms with Crippen LogP contribution in [0.4, 0.5) is 5.69 Å². The van der Waals surface area contributed by atoms with Gasteiger partial charge in [-0.05, 0) is 0 Å². The Labute approximate surface area is 108 Å². The summed E-state index contributed by atoms with van der Waals surface area (Å²) in [5.41, 5.74) is 13.5. The average molecular weight is 393 g/mol. The zero-order valence-corrected chi connectivity index (χ0v) is 11.6. The number of fused-ring (bicyclic) bond motifs is 1. The Hall–Kier alpha value is -0.552. The van der Waals surface area contributed by atoms with E-state index >= 15 is 0 Å². The third kappa shape index (κ3) is 4.66. The van der Waals surface area contributed by atoms with Crippen LogP contribution >= 0.6 is 0 Å². The summed E-state index contributed by atoms with van der Waals surface area (Å²) in [6.07, 6.45) is 1.74. The van der Waals surface area contributed by atoms with Gasteiger partial charge in [0.2, 0.25) is 0 Å². The van der Waals surface area contributed by atoms with E-state index in [4.69, 9.17) is 11.5 Å². The maximum absolute atomic E-state index is 7.27. The van der Waals surface area contributed by atoms with Crippen LogP contribution in [-0.2, 0) is 33.9 Å². The molecule has 5 nitrogen and oxygen atoms in total. The number of H-pyrrole nitrogens is 1. The van der Waals surface area contributed by atoms with Crippen molar-refractivity contribution in [1.82, 2.24) is 14.9 Å². The number of hydrogen-bond donors (Lipinski definition) is 3. The van der Waals surface area contributed by atoms with Crippen molar-refractivity contribution >= 4 is 29.4 Å². The number of rotatable bonds is 1. The average Bonchev–Trinajstić information content (AvgIpc) is 2.65. The van der Waals surface area contributed by atoms with Crippen LogP contribution in [0.5, 0.6) is 0 Å². The fourth-order valence-corrected chi connectivity index (χ4v) is 0.937. The Balaban J connectivity index is 0.000000346. The van der Waals surface area contributed by atoms with Crippen LogP contribution in [0.15, 0.2) is 24.4 Å². The molecule has 0 atom stereocenters. The summed E-state index contributed by atoms with van der Waals surface area (Å²) in [7, 11) is 0. The second-order valence-corrected chi connectivity index (χ2v) is 2.81. The van der Waals surface area contributed by atoms with E-state index in [0.717, 1.165) is 10.9 Å². The minimum Gasteiger partial charge on any atom is -0.704 e. The van der Waals surface area contributed by atoms with Crippen molar-refractivity contribution in [3.05, 3.63) is 30.1 Å². The van der Waals surface area contributed by atoms with E-state index < -0.39 is 0 Å². The first-order valence-corrected chi connectivity index (χ1v) is 4.38. The zero-order chi connectivity index (χ0) is 10.4. The van der Waals surface area contributed by atoms with Crippen LogP contribution in [-0.4, -0.2) is 16.9 Å². The molecule has 0 bridgehead atoms. The number of nitrogens with one attached hydrogen (secondary N) is 3. The molecule has 0 radical (unpaired) electrons. The minimum atomic E-state index is 0. The Kier molecular flexibility index (Phi) is 7.42. The summed E-state index contributed by atoms with van der Waals surface area (Å²) in [5, 5.41) is 7.68. The topological polar surface area (TPSA) is 90.5 Å². The second kappa shape index (κ2) is 7.70. The van der Waals surface area contributed by atoms with E-state index in [1.54, 1.807) is 18.3 Å². The van der Waals surface area contributed by atoms with Gasteiger partial charge in [-0.1, -0.05) is 18.2 Å². The first kappa shape index (κ1) is 14.4. The van der Waals surface area contributed by atoms with Crippen molar-refractivity contribution in [3.63, 3.8) is 0 Å². The van der Waals surface area contributed by atoms with E-state index in [1.807, 2.05) is 6.07 Å². The molecule has 0 saturated heterocycles. The van der Waals surface area contributed by atoms with Gasteiger partial charge in [-0.25, -0.2) is 0 Å². The predicted octanol–water partition coefficient (Wildman–Crippen LogP) is 1.20. The Morgan fingerprint density at radius 2 is 2.20 bits per heavy atom. The van der Waals surface area contributed by atoms with Crippen molar-refractivity contribution in [2.45, 2.75) is 0 Å². The number of aromatic nitrogens is 2. The molecule has 0 aliphatic rings. The largest absolute Gasteiger partial charge is 2.00 e. The predicted molar refractivity (Wildman–Crippen MR) is 59.6 cm³/mol. The summed E-state index contributed by atoms with van der Waals surface area (Å²) in [4.78, 5) is 0. The Morgan fingerprint density at radius 3 is 2.80 bits per heavy atom. The molecule has 0 unspecified atom stereocenters. The van der Waals surface area contributed by atoms with Gasteiger partial charge in [-0.2, -0.15) is 5.10 Å². The van der Waals surface area contributed by atoms with Gasteiger partial charge in [0.1, 0.15) is 0 Å². The van der Waals surface area contributed by atoms with Gasteiger partial charge in [-0.15, -0.1) is 5.69 Å². The number of hydrogen-bond acceptors (Lipinski definition) is 4. The van der Waals surface area contributed by atoms with E-state index in [2.05, 4.69) is 27.7 Å². The summed E-state index contributed by atoms with van der Waals surface area (Å²) in [6.45, 7) is 0.384. The maximum atomic E-state index is 7.27. The summed E-state index contributed by atoms with van der Waals surface area (Å²) in [5.74, 6) is 0. The minimum absolute atomic E-state index is 0. The van der Waals surface area contributed by atoms with Crippen LogP contribution in [0, 0.1) is 0 Å². The van der Waals surface area contributed by atoms with Crippen molar-refractivity contribution in [2.24, 2.45) is 5.73 Å². The smallest absolute Gasteiger partial charge is 0.704 e. The van der Waals surface area contributed by atoms with Crippen LogP contribution in [0.1, 0.15) is 0 Å². The number of aromatic amines is 1. The number of benzene rings is 1. The van der Waals surface area contributed by atoms with Crippen LogP contribution in [0.3, 0.4) is 0 Å². The van der Waals surface area contributed by atoms with Gasteiger partial charge >= 0.3 is 21.1 Å². The van der Waals surface area contributed by atoms with Gasteiger partial charge in [0.05, 0.1) is 11.7 Å². The molecule has 0 aliphatic heterocycles. The SMILES string of the molecule is NCN[S-].[NH-]c1ccc2cn[nH]c2c1.[W+2]. The molecule has 0 fully saturated rings. The third-order valence-electron chi connectivity index (χ3n) is 1.53. The molecule has 0 spiro atoms. The van der Waals surface area contributed by atoms with E-state index in [1.165, 1.54) is 0 Å². The van der Waals surface area contributed by atoms with Gasteiger partial charge in [-0.3, -0.25) is 5.10 Å². The fraction of sp³-hybridized carbons (Fsp3) is 0.125. The van der Waals surface area contributed by atoms with E-state index in [-0.39, 0.29) is 21.1 Å². The molecular weight excluding hydrogens is 382 g/mol. The molecule has 7 heteroatoms. The fourth-order valence-electron chi connectivity index (χ4n) is 0.937. The zero-order valence-electron chi connectivity index (χ0n) is 7.86. The second-order valence-electron chi connectivity index (χ2n) is 2.52. The van der Waals surface area contributed by atoms with E-state index in [0.29, 0.717) is 12.4 Å². The molecule has 0 amide bonds. The molecule has 80 valence electrons. The molecule has 1 heterocycles. The van der Waals surface area contributed by atoms with Crippen LogP contribution in [0.25, 0.3) is 16.6 Å². The number of nitrogens with zero attached hydrogens (tertiary/aromatic N) is 1. The molecule has 2 aromatic rings. The maximum Gasteiger partial charge on any atom is 2.00 e. The first-order chi connectivity index (χ1) is 6.77. The standard InChI is InChI=1S/C7H6N3.CH5N2S.W/c8-6-2-1-5-4-9-10-7(5)3-6;2-1-3-4;/h1-4,8H,(H,9,10);3H,1-2H2;/q2*-1;+2. The summed E-state index contributed by atoms with van der Waals surface area (Å²) in [6, 6.07) is 5.38. The molecule has 15 heavy (non-hydrogen) atoms. The van der Waals surface area contributed by atoms with Crippen molar-refractivity contribution in [1.29, 1.82) is 0 Å². The third-order valence-corrected chi connectivity index (χ3v) is 1.69. The quantitative estimate of drug-likeness (QED) is 0.502. The summed E-state index contributed by atoms with van der Waals surface area (Å²) < 4.78 is 2.29. The molecule has 0 aliphatic carbocycles. The van der Waals surface area contributed by atoms with Crippen molar-refractivity contribution in [2.75, 3.05) is 6.67 Å². The molecule has 5 N–H and O–H groups in total. The molecule has 0 saturated carbocycles. The molecule has 1 aromatic heterocycles. The Morgan fingerprint density at radius 1 is 1.53 bits per heavy atom. The normalized spacial score (nSPS) is 8.93. The van der Waals surface area contributed by atoms with Gasteiger partial charge < -0.3 is 29.0 Å². The van der Waals surface area contributed by atoms with Gasteiger partial charge in [0, 0.05) is 12.1 Å². The number of nitrogens with two attached hydrogens (primary N) is 1. The van der Waals surface area contributed by atoms with Gasteiger partial charge in [0.15, 0.2) is 0 Å². The van der Waals surface area contributed by atoms with Crippen LogP contribution < -0.4 is 10.5 Å². The van der Waals surface area contributed by atoms with E-state index in [9.17, 15) is 0 Å². The van der Waals surface area contributed by atoms with Crippen LogP contribution in [0.2, 0.25) is 0 Å². The molecule has 2 rings (SSSR count). The first-order valence-electron chi connectivity index (χ1n) is 3.97. The monoisotopic (exact) mass is 393 g/mol. The van der Waals surface area contributed by atoms with Crippen molar-refractivity contribution in [3.8, 4) is 0 Å². The Bertz CT molecular complexity index is 389. The van der Waals surface area contributed by atoms with Crippen molar-refractivity contribution < 1.29 is 21.1 Å². The molecule has 1 aromatic carbocycles. The van der Waals surface area contributed by atoms with Gasteiger partial charge in [0.25, 0.3) is 0 Å². The summed E-state index contributed by atoms with van der Waals surface area (Å²) >= 11 is 4.18. The molecular formula is C8H11N5SW.